The highest BCUT2D eigenvalue weighted by Crippen LogP contribution is 2.20. The molecule has 0 radical (unpaired) electrons. The van der Waals surface area contributed by atoms with Crippen LogP contribution in [0.2, 0.25) is 0 Å². The maximum Gasteiger partial charge on any atom is 0.332 e. The van der Waals surface area contributed by atoms with Crippen LogP contribution in [0, 0.1) is 0 Å². The number of hydrogen-bond donors (Lipinski definition) is 1. The molecule has 0 saturated carbocycles. The van der Waals surface area contributed by atoms with Gasteiger partial charge in [-0.1, -0.05) is 6.58 Å². The van der Waals surface area contributed by atoms with Gasteiger partial charge in [-0.2, -0.15) is 0 Å². The van der Waals surface area contributed by atoms with Gasteiger partial charge in [0.1, 0.15) is 0 Å². The van der Waals surface area contributed by atoms with Gasteiger partial charge in [0.15, 0.2) is 0 Å². The van der Waals surface area contributed by atoms with Gasteiger partial charge in [0, 0.05) is 11.6 Å². The van der Waals surface area contributed by atoms with E-state index in [4.69, 9.17) is 5.11 Å². The molecule has 1 saturated heterocycles. The Morgan fingerprint density at radius 3 is 2.73 bits per heavy atom. The maximum absolute atomic E-state index is 10.5. The molecule has 3 heteroatoms. The minimum Gasteiger partial charge on any atom is -0.478 e. The third-order valence-corrected chi connectivity index (χ3v) is 2.20. The molecule has 0 bridgehead atoms. The van der Waals surface area contributed by atoms with Gasteiger partial charge in [-0.3, -0.25) is 4.90 Å². The fourth-order valence-corrected chi connectivity index (χ4v) is 1.49. The topological polar surface area (TPSA) is 40.5 Å². The molecule has 1 N–H and O–H groups in total. The molecule has 1 aliphatic heterocycles. The summed E-state index contributed by atoms with van der Waals surface area (Å²) in [7, 11) is 1.94. The molecule has 1 fully saturated rings. The van der Waals surface area contributed by atoms with Crippen molar-refractivity contribution in [2.75, 3.05) is 13.6 Å². The summed E-state index contributed by atoms with van der Waals surface area (Å²) in [5, 5.41) is 8.63. The van der Waals surface area contributed by atoms with E-state index in [-0.39, 0.29) is 6.04 Å². The first-order valence-corrected chi connectivity index (χ1v) is 3.75. The highest BCUT2D eigenvalue weighted by molar-refractivity contribution is 5.87. The molecule has 0 aliphatic carbocycles. The molecule has 1 atom stereocenters. The van der Waals surface area contributed by atoms with E-state index in [0.717, 1.165) is 19.4 Å². The monoisotopic (exact) mass is 155 g/mol. The Hall–Kier alpha value is -0.830. The third kappa shape index (κ3) is 1.60. The molecule has 11 heavy (non-hydrogen) atoms. The van der Waals surface area contributed by atoms with E-state index in [1.807, 2.05) is 11.9 Å². The van der Waals surface area contributed by atoms with Crippen LogP contribution >= 0.6 is 0 Å². The smallest absolute Gasteiger partial charge is 0.332 e. The molecule has 62 valence electrons. The number of likely N-dealkylation sites (N-methyl/N-ethyl adjacent to an activating group) is 1. The Morgan fingerprint density at radius 2 is 2.36 bits per heavy atom. The summed E-state index contributed by atoms with van der Waals surface area (Å²) in [6.07, 6.45) is 2.01. The zero-order chi connectivity index (χ0) is 8.43. The van der Waals surface area contributed by atoms with Crippen LogP contribution in [0.15, 0.2) is 12.2 Å². The van der Waals surface area contributed by atoms with Crippen LogP contribution < -0.4 is 0 Å². The van der Waals surface area contributed by atoms with Crippen molar-refractivity contribution in [1.29, 1.82) is 0 Å². The molecular formula is C8H13NO2. The molecule has 0 unspecified atom stereocenters. The Morgan fingerprint density at radius 1 is 1.73 bits per heavy atom. The zero-order valence-electron chi connectivity index (χ0n) is 6.71. The number of rotatable bonds is 2. The van der Waals surface area contributed by atoms with Crippen molar-refractivity contribution >= 4 is 5.97 Å². The second-order valence-corrected chi connectivity index (χ2v) is 2.97. The van der Waals surface area contributed by atoms with Gasteiger partial charge in [-0.25, -0.2) is 4.79 Å². The van der Waals surface area contributed by atoms with Crippen LogP contribution in [0.5, 0.6) is 0 Å². The first kappa shape index (κ1) is 8.27. The first-order valence-electron chi connectivity index (χ1n) is 3.75. The highest BCUT2D eigenvalue weighted by atomic mass is 16.4. The average molecular weight is 155 g/mol. The number of carbonyl (C=O) groups is 1. The molecular weight excluding hydrogens is 142 g/mol. The summed E-state index contributed by atoms with van der Waals surface area (Å²) in [6.45, 7) is 4.53. The molecule has 0 aromatic rings. The van der Waals surface area contributed by atoms with E-state index in [1.165, 1.54) is 0 Å². The van der Waals surface area contributed by atoms with Crippen molar-refractivity contribution in [2.45, 2.75) is 18.9 Å². The molecule has 1 heterocycles. The van der Waals surface area contributed by atoms with Gasteiger partial charge in [0.25, 0.3) is 0 Å². The minimum absolute atomic E-state index is 0.0625. The van der Waals surface area contributed by atoms with Crippen molar-refractivity contribution in [2.24, 2.45) is 0 Å². The highest BCUT2D eigenvalue weighted by Gasteiger charge is 2.26. The van der Waals surface area contributed by atoms with E-state index >= 15 is 0 Å². The predicted molar refractivity (Wildman–Crippen MR) is 42.4 cm³/mol. The normalized spacial score (nSPS) is 25.4. The molecule has 1 aliphatic rings. The Bertz CT molecular complexity index is 189. The number of nitrogens with zero attached hydrogens (tertiary/aromatic N) is 1. The number of aliphatic carboxylic acids is 1. The number of carboxylic acid groups (broad SMARTS) is 1. The number of likely N-dealkylation sites (tertiary alicyclic amines) is 1. The molecule has 1 rings (SSSR count). The van der Waals surface area contributed by atoms with Crippen LogP contribution in [0.3, 0.4) is 0 Å². The summed E-state index contributed by atoms with van der Waals surface area (Å²) in [4.78, 5) is 12.5. The van der Waals surface area contributed by atoms with E-state index in [2.05, 4.69) is 6.58 Å². The lowest BCUT2D eigenvalue weighted by Crippen LogP contribution is -2.29. The SMILES string of the molecule is C=C(C(=O)O)[C@H]1CCCN1C. The summed E-state index contributed by atoms with van der Waals surface area (Å²) in [5.74, 6) is -0.872. The Labute approximate surface area is 66.3 Å². The van der Waals surface area contributed by atoms with E-state index in [9.17, 15) is 4.79 Å². The van der Waals surface area contributed by atoms with Crippen molar-refractivity contribution in [3.05, 3.63) is 12.2 Å². The first-order chi connectivity index (χ1) is 5.13. The van der Waals surface area contributed by atoms with E-state index < -0.39 is 5.97 Å². The summed E-state index contributed by atoms with van der Waals surface area (Å²) in [6, 6.07) is 0.0625. The van der Waals surface area contributed by atoms with Crippen LogP contribution in [-0.4, -0.2) is 35.6 Å². The average Bonchev–Trinajstić information content (AvgIpc) is 2.33. The molecule has 0 spiro atoms. The molecule has 3 nitrogen and oxygen atoms in total. The van der Waals surface area contributed by atoms with Crippen LogP contribution in [0.1, 0.15) is 12.8 Å². The fourth-order valence-electron chi connectivity index (χ4n) is 1.49. The van der Waals surface area contributed by atoms with Crippen molar-refractivity contribution in [3.63, 3.8) is 0 Å². The van der Waals surface area contributed by atoms with Crippen LogP contribution in [0.4, 0.5) is 0 Å². The van der Waals surface area contributed by atoms with Gasteiger partial charge < -0.3 is 5.11 Å². The van der Waals surface area contributed by atoms with Crippen molar-refractivity contribution in [3.8, 4) is 0 Å². The quantitative estimate of drug-likeness (QED) is 0.597. The number of hydrogen-bond acceptors (Lipinski definition) is 2. The summed E-state index contributed by atoms with van der Waals surface area (Å²) in [5.41, 5.74) is 0.324. The standard InChI is InChI=1S/C8H13NO2/c1-6(8(10)11)7-4-3-5-9(7)2/h7H,1,3-5H2,2H3,(H,10,11)/t7-/m1/s1. The molecule has 0 amide bonds. The Kier molecular flexibility index (Phi) is 2.29. The lowest BCUT2D eigenvalue weighted by Gasteiger charge is -2.18. The maximum atomic E-state index is 10.5. The van der Waals surface area contributed by atoms with Gasteiger partial charge in [0.2, 0.25) is 0 Å². The second kappa shape index (κ2) is 3.05. The fraction of sp³-hybridized carbons (Fsp3) is 0.625. The lowest BCUT2D eigenvalue weighted by molar-refractivity contribution is -0.133. The summed E-state index contributed by atoms with van der Waals surface area (Å²) >= 11 is 0. The minimum atomic E-state index is -0.872. The predicted octanol–water partition coefficient (Wildman–Crippen LogP) is 0.721. The number of carboxylic acids is 1. The largest absolute Gasteiger partial charge is 0.478 e. The van der Waals surface area contributed by atoms with E-state index in [1.54, 1.807) is 0 Å². The molecule has 0 aromatic heterocycles. The van der Waals surface area contributed by atoms with Crippen molar-refractivity contribution in [1.82, 2.24) is 4.90 Å². The van der Waals surface area contributed by atoms with Crippen molar-refractivity contribution < 1.29 is 9.90 Å². The van der Waals surface area contributed by atoms with Crippen LogP contribution in [-0.2, 0) is 4.79 Å². The van der Waals surface area contributed by atoms with Gasteiger partial charge >= 0.3 is 5.97 Å². The van der Waals surface area contributed by atoms with Gasteiger partial charge in [-0.15, -0.1) is 0 Å². The Balaban J connectivity index is 2.60. The molecule has 0 aromatic carbocycles. The zero-order valence-corrected chi connectivity index (χ0v) is 6.71. The van der Waals surface area contributed by atoms with Crippen LogP contribution in [0.25, 0.3) is 0 Å². The van der Waals surface area contributed by atoms with E-state index in [0.29, 0.717) is 5.57 Å². The van der Waals surface area contributed by atoms with Gasteiger partial charge in [-0.05, 0) is 26.4 Å². The van der Waals surface area contributed by atoms with Gasteiger partial charge in [0.05, 0.1) is 0 Å². The third-order valence-electron chi connectivity index (χ3n) is 2.20. The lowest BCUT2D eigenvalue weighted by atomic mass is 10.1. The second-order valence-electron chi connectivity index (χ2n) is 2.97. The summed E-state index contributed by atoms with van der Waals surface area (Å²) < 4.78 is 0.